The summed E-state index contributed by atoms with van der Waals surface area (Å²) in [5.74, 6) is 0.0419. The van der Waals surface area contributed by atoms with E-state index in [1.807, 2.05) is 19.1 Å². The highest BCUT2D eigenvalue weighted by molar-refractivity contribution is 8.15. The summed E-state index contributed by atoms with van der Waals surface area (Å²) in [6.07, 6.45) is 0.816. The van der Waals surface area contributed by atoms with Crippen LogP contribution in [-0.2, 0) is 4.79 Å². The summed E-state index contributed by atoms with van der Waals surface area (Å²) in [5.41, 5.74) is 0.795. The monoisotopic (exact) mass is 254 g/mol. The van der Waals surface area contributed by atoms with E-state index in [4.69, 9.17) is 11.6 Å². The molecule has 0 aliphatic carbocycles. The van der Waals surface area contributed by atoms with Crippen LogP contribution in [0.15, 0.2) is 29.3 Å². The number of carbonyl (C=O) groups excluding carboxylic acids is 1. The largest absolute Gasteiger partial charge is 0.304 e. The van der Waals surface area contributed by atoms with Gasteiger partial charge in [0.25, 0.3) is 0 Å². The van der Waals surface area contributed by atoms with E-state index in [1.54, 1.807) is 12.1 Å². The molecule has 3 nitrogen and oxygen atoms in total. The van der Waals surface area contributed by atoms with Crippen LogP contribution in [0.4, 0.5) is 5.69 Å². The number of carbonyl (C=O) groups is 1. The number of nitrogens with one attached hydrogen (secondary N) is 1. The summed E-state index contributed by atoms with van der Waals surface area (Å²) in [5, 5.41) is 4.10. The highest BCUT2D eigenvalue weighted by Gasteiger charge is 2.28. The number of amidine groups is 1. The van der Waals surface area contributed by atoms with Crippen LogP contribution in [0.3, 0.4) is 0 Å². The van der Waals surface area contributed by atoms with Gasteiger partial charge in [0.2, 0.25) is 5.91 Å². The molecule has 0 spiro atoms. The summed E-state index contributed by atoms with van der Waals surface area (Å²) >= 11 is 7.25. The van der Waals surface area contributed by atoms with E-state index in [0.29, 0.717) is 10.2 Å². The Morgan fingerprint density at radius 1 is 1.44 bits per heavy atom. The van der Waals surface area contributed by atoms with Gasteiger partial charge < -0.3 is 5.32 Å². The topological polar surface area (TPSA) is 41.5 Å². The minimum absolute atomic E-state index is 0.00829. The van der Waals surface area contributed by atoms with Crippen LogP contribution in [-0.4, -0.2) is 16.3 Å². The quantitative estimate of drug-likeness (QED) is 0.882. The second kappa shape index (κ2) is 4.89. The van der Waals surface area contributed by atoms with Gasteiger partial charge in [0.05, 0.1) is 10.9 Å². The third-order valence-electron chi connectivity index (χ3n) is 2.20. The zero-order chi connectivity index (χ0) is 11.5. The van der Waals surface area contributed by atoms with Gasteiger partial charge >= 0.3 is 0 Å². The molecule has 2 rings (SSSR count). The second-order valence-corrected chi connectivity index (χ2v) is 5.03. The first kappa shape index (κ1) is 11.5. The van der Waals surface area contributed by atoms with Crippen molar-refractivity contribution in [1.29, 1.82) is 0 Å². The number of thioether (sulfide) groups is 1. The van der Waals surface area contributed by atoms with E-state index >= 15 is 0 Å². The molecule has 0 radical (unpaired) electrons. The molecule has 1 atom stereocenters. The van der Waals surface area contributed by atoms with Gasteiger partial charge in [-0.05, 0) is 30.7 Å². The standard InChI is InChI=1S/C11H11ClN2OS/c1-2-9-10(15)14-11(16-9)13-8-5-3-7(12)4-6-8/h3-6,9H,2H2,1H3,(H,13,14,15)/t9-/m1/s1. The van der Waals surface area contributed by atoms with Gasteiger partial charge in [0.15, 0.2) is 5.17 Å². The number of amides is 1. The van der Waals surface area contributed by atoms with Crippen LogP contribution >= 0.6 is 23.4 Å². The molecule has 1 aromatic carbocycles. The van der Waals surface area contributed by atoms with Crippen molar-refractivity contribution >= 4 is 40.1 Å². The van der Waals surface area contributed by atoms with Crippen LogP contribution < -0.4 is 5.32 Å². The van der Waals surface area contributed by atoms with Gasteiger partial charge in [-0.1, -0.05) is 30.3 Å². The zero-order valence-corrected chi connectivity index (χ0v) is 10.3. The minimum Gasteiger partial charge on any atom is -0.304 e. The molecule has 1 aromatic rings. The Bertz CT molecular complexity index is 430. The lowest BCUT2D eigenvalue weighted by molar-refractivity contribution is -0.118. The fourth-order valence-electron chi connectivity index (χ4n) is 1.36. The van der Waals surface area contributed by atoms with Crippen molar-refractivity contribution in [3.8, 4) is 0 Å². The normalized spacial score (nSPS) is 22.5. The Hall–Kier alpha value is -1.00. The van der Waals surface area contributed by atoms with Gasteiger partial charge in [-0.15, -0.1) is 0 Å². The summed E-state index contributed by atoms with van der Waals surface area (Å²) in [6.45, 7) is 1.99. The summed E-state index contributed by atoms with van der Waals surface area (Å²) in [6, 6.07) is 7.20. The molecule has 1 N–H and O–H groups in total. The van der Waals surface area contributed by atoms with Gasteiger partial charge in [-0.25, -0.2) is 4.99 Å². The van der Waals surface area contributed by atoms with Crippen LogP contribution in [0, 0.1) is 0 Å². The Labute approximate surface area is 103 Å². The summed E-state index contributed by atoms with van der Waals surface area (Å²) in [7, 11) is 0. The summed E-state index contributed by atoms with van der Waals surface area (Å²) in [4.78, 5) is 15.8. The molecule has 0 aromatic heterocycles. The number of aliphatic imine (C=N–C) groups is 1. The lowest BCUT2D eigenvalue weighted by Gasteiger charge is -1.97. The molecule has 1 heterocycles. The first-order chi connectivity index (χ1) is 7.69. The van der Waals surface area contributed by atoms with E-state index in [1.165, 1.54) is 11.8 Å². The molecular formula is C11H11ClN2OS. The third-order valence-corrected chi connectivity index (χ3v) is 3.71. The van der Waals surface area contributed by atoms with Crippen molar-refractivity contribution in [2.24, 2.45) is 4.99 Å². The predicted octanol–water partition coefficient (Wildman–Crippen LogP) is 2.97. The summed E-state index contributed by atoms with van der Waals surface area (Å²) < 4.78 is 0. The predicted molar refractivity (Wildman–Crippen MR) is 68.4 cm³/mol. The average Bonchev–Trinajstić information content (AvgIpc) is 2.62. The molecule has 0 bridgehead atoms. The van der Waals surface area contributed by atoms with Crippen molar-refractivity contribution in [2.75, 3.05) is 0 Å². The maximum absolute atomic E-state index is 11.4. The molecule has 1 fully saturated rings. The molecular weight excluding hydrogens is 244 g/mol. The van der Waals surface area contributed by atoms with Crippen molar-refractivity contribution in [3.05, 3.63) is 29.3 Å². The number of rotatable bonds is 2. The van der Waals surface area contributed by atoms with Crippen LogP contribution in [0.1, 0.15) is 13.3 Å². The van der Waals surface area contributed by atoms with Crippen molar-refractivity contribution in [3.63, 3.8) is 0 Å². The van der Waals surface area contributed by atoms with Gasteiger partial charge in [-0.3, -0.25) is 4.79 Å². The highest BCUT2D eigenvalue weighted by atomic mass is 35.5. The smallest absolute Gasteiger partial charge is 0.239 e. The van der Waals surface area contributed by atoms with Crippen LogP contribution in [0.2, 0.25) is 5.02 Å². The second-order valence-electron chi connectivity index (χ2n) is 3.40. The number of hydrogen-bond acceptors (Lipinski definition) is 3. The van der Waals surface area contributed by atoms with E-state index in [0.717, 1.165) is 12.1 Å². The molecule has 16 heavy (non-hydrogen) atoms. The molecule has 1 aliphatic rings. The lowest BCUT2D eigenvalue weighted by Crippen LogP contribution is -2.24. The number of benzene rings is 1. The Balaban J connectivity index is 2.14. The zero-order valence-electron chi connectivity index (χ0n) is 8.74. The number of hydrogen-bond donors (Lipinski definition) is 1. The van der Waals surface area contributed by atoms with Gasteiger partial charge in [0, 0.05) is 5.02 Å². The van der Waals surface area contributed by atoms with Crippen LogP contribution in [0.25, 0.3) is 0 Å². The molecule has 84 valence electrons. The van der Waals surface area contributed by atoms with E-state index in [9.17, 15) is 4.79 Å². The van der Waals surface area contributed by atoms with E-state index in [2.05, 4.69) is 10.3 Å². The maximum Gasteiger partial charge on any atom is 0.239 e. The number of nitrogens with zero attached hydrogens (tertiary/aromatic N) is 1. The molecule has 5 heteroatoms. The SMILES string of the molecule is CC[C@H]1SC(=Nc2ccc(Cl)cc2)NC1=O. The highest BCUT2D eigenvalue weighted by Crippen LogP contribution is 2.25. The minimum atomic E-state index is -0.00829. The average molecular weight is 255 g/mol. The molecule has 1 aliphatic heterocycles. The Morgan fingerprint density at radius 2 is 2.12 bits per heavy atom. The van der Waals surface area contributed by atoms with Crippen molar-refractivity contribution in [1.82, 2.24) is 5.32 Å². The van der Waals surface area contributed by atoms with Crippen LogP contribution in [0.5, 0.6) is 0 Å². The number of halogens is 1. The van der Waals surface area contributed by atoms with Crippen molar-refractivity contribution < 1.29 is 4.79 Å². The molecule has 1 amide bonds. The fraction of sp³-hybridized carbons (Fsp3) is 0.273. The fourth-order valence-corrected chi connectivity index (χ4v) is 2.41. The molecule has 0 saturated carbocycles. The maximum atomic E-state index is 11.4. The van der Waals surface area contributed by atoms with E-state index in [-0.39, 0.29) is 11.2 Å². The third kappa shape index (κ3) is 2.57. The molecule has 1 saturated heterocycles. The lowest BCUT2D eigenvalue weighted by atomic mass is 10.3. The van der Waals surface area contributed by atoms with Crippen molar-refractivity contribution in [2.45, 2.75) is 18.6 Å². The Morgan fingerprint density at radius 3 is 2.69 bits per heavy atom. The van der Waals surface area contributed by atoms with Gasteiger partial charge in [-0.2, -0.15) is 0 Å². The first-order valence-electron chi connectivity index (χ1n) is 5.01. The Kier molecular flexibility index (Phi) is 3.51. The first-order valence-corrected chi connectivity index (χ1v) is 6.26. The van der Waals surface area contributed by atoms with E-state index < -0.39 is 0 Å². The molecule has 0 unspecified atom stereocenters. The van der Waals surface area contributed by atoms with Gasteiger partial charge in [0.1, 0.15) is 0 Å².